The Kier molecular flexibility index (Phi) is 3.89. The van der Waals surface area contributed by atoms with Crippen LogP contribution < -0.4 is 11.3 Å². The summed E-state index contributed by atoms with van der Waals surface area (Å²) in [4.78, 5) is 32.8. The van der Waals surface area contributed by atoms with Gasteiger partial charge >= 0.3 is 0 Å². The zero-order chi connectivity index (χ0) is 17.4. The Hall–Kier alpha value is -3.02. The molecule has 3 aromatic rings. The number of hydrogen-bond donors (Lipinski definition) is 1. The maximum atomic E-state index is 12.7. The highest BCUT2D eigenvalue weighted by atomic mass is 16.1. The topological polar surface area (TPSA) is 90.9 Å². The molecule has 122 valence electrons. The number of nitrogens with zero attached hydrogens (tertiary/aromatic N) is 3. The summed E-state index contributed by atoms with van der Waals surface area (Å²) in [5.41, 5.74) is 8.77. The van der Waals surface area contributed by atoms with Crippen molar-refractivity contribution in [3.8, 4) is 11.1 Å². The van der Waals surface area contributed by atoms with Gasteiger partial charge in [0.15, 0.2) is 5.78 Å². The van der Waals surface area contributed by atoms with E-state index < -0.39 is 0 Å². The van der Waals surface area contributed by atoms with Gasteiger partial charge in [0.1, 0.15) is 11.5 Å². The first-order chi connectivity index (χ1) is 11.4. The molecule has 24 heavy (non-hydrogen) atoms. The van der Waals surface area contributed by atoms with Gasteiger partial charge in [-0.2, -0.15) is 0 Å². The number of nitrogen functional groups attached to an aromatic ring is 1. The van der Waals surface area contributed by atoms with E-state index in [2.05, 4.69) is 9.97 Å². The van der Waals surface area contributed by atoms with Crippen LogP contribution >= 0.6 is 0 Å². The molecule has 3 heterocycles. The fourth-order valence-corrected chi connectivity index (χ4v) is 2.74. The van der Waals surface area contributed by atoms with Crippen LogP contribution in [-0.2, 0) is 7.05 Å². The summed E-state index contributed by atoms with van der Waals surface area (Å²) in [5, 5.41) is 0.814. The number of hydrogen-bond acceptors (Lipinski definition) is 5. The highest BCUT2D eigenvalue weighted by Gasteiger charge is 2.14. The Morgan fingerprint density at radius 1 is 1.17 bits per heavy atom. The molecule has 6 heteroatoms. The summed E-state index contributed by atoms with van der Waals surface area (Å²) in [5.74, 6) is 0.348. The third kappa shape index (κ3) is 2.56. The number of carbonyl (C=O) groups excluding carboxylic acids is 1. The van der Waals surface area contributed by atoms with E-state index in [0.29, 0.717) is 29.1 Å². The van der Waals surface area contributed by atoms with Crippen LogP contribution in [0.3, 0.4) is 0 Å². The van der Waals surface area contributed by atoms with Crippen LogP contribution in [0, 0.1) is 6.92 Å². The second-order valence-electron chi connectivity index (χ2n) is 5.75. The zero-order valence-electron chi connectivity index (χ0n) is 13.8. The van der Waals surface area contributed by atoms with Crippen molar-refractivity contribution in [2.24, 2.45) is 7.05 Å². The third-order valence-corrected chi connectivity index (χ3v) is 4.14. The van der Waals surface area contributed by atoms with Gasteiger partial charge < -0.3 is 10.3 Å². The van der Waals surface area contributed by atoms with Crippen LogP contribution in [-0.4, -0.2) is 20.3 Å². The molecule has 3 aromatic heterocycles. The Morgan fingerprint density at radius 3 is 2.58 bits per heavy atom. The summed E-state index contributed by atoms with van der Waals surface area (Å²) in [6.45, 7) is 3.67. The number of ketones is 1. The van der Waals surface area contributed by atoms with Crippen molar-refractivity contribution in [3.05, 3.63) is 52.2 Å². The number of aromatic nitrogens is 3. The van der Waals surface area contributed by atoms with Crippen molar-refractivity contribution in [2.45, 2.75) is 20.3 Å². The molecule has 3 rings (SSSR count). The molecule has 0 radical (unpaired) electrons. The lowest BCUT2D eigenvalue weighted by atomic mass is 10.0. The lowest BCUT2D eigenvalue weighted by Gasteiger charge is -2.11. The molecule has 0 atom stereocenters. The van der Waals surface area contributed by atoms with E-state index in [1.165, 1.54) is 0 Å². The summed E-state index contributed by atoms with van der Waals surface area (Å²) < 4.78 is 1.55. The van der Waals surface area contributed by atoms with Crippen LogP contribution in [0.2, 0.25) is 0 Å². The highest BCUT2D eigenvalue weighted by molar-refractivity contribution is 5.94. The molecule has 0 amide bonds. The van der Waals surface area contributed by atoms with Crippen molar-refractivity contribution in [1.82, 2.24) is 14.5 Å². The number of fused-ring (bicyclic) bond motifs is 1. The molecule has 0 aliphatic heterocycles. The molecule has 0 aliphatic carbocycles. The van der Waals surface area contributed by atoms with E-state index in [9.17, 15) is 9.59 Å². The lowest BCUT2D eigenvalue weighted by Crippen LogP contribution is -2.19. The van der Waals surface area contributed by atoms with Crippen molar-refractivity contribution in [1.29, 1.82) is 0 Å². The number of pyridine rings is 3. The molecule has 0 saturated carbocycles. The maximum absolute atomic E-state index is 12.7. The number of carbonyl (C=O) groups is 1. The van der Waals surface area contributed by atoms with Gasteiger partial charge in [-0.1, -0.05) is 6.92 Å². The Bertz CT molecular complexity index is 1020. The summed E-state index contributed by atoms with van der Waals surface area (Å²) >= 11 is 0. The quantitative estimate of drug-likeness (QED) is 0.748. The van der Waals surface area contributed by atoms with Crippen molar-refractivity contribution in [3.63, 3.8) is 0 Å². The molecule has 0 unspecified atom stereocenters. The fourth-order valence-electron chi connectivity index (χ4n) is 2.74. The SMILES string of the molecule is CCC(=O)c1cc(C)c(-c2cc3cnc(N)cc3n(C)c2=O)cn1. The highest BCUT2D eigenvalue weighted by Crippen LogP contribution is 2.24. The van der Waals surface area contributed by atoms with E-state index >= 15 is 0 Å². The number of aryl methyl sites for hydroxylation is 2. The minimum absolute atomic E-state index is 0.0178. The number of Topliss-reactive ketones (excluding diaryl/α,β-unsaturated/α-hetero) is 1. The van der Waals surface area contributed by atoms with Crippen molar-refractivity contribution >= 4 is 22.5 Å². The molecule has 0 fully saturated rings. The maximum Gasteiger partial charge on any atom is 0.258 e. The van der Waals surface area contributed by atoms with Gasteiger partial charge in [-0.3, -0.25) is 14.6 Å². The fraction of sp³-hybridized carbons (Fsp3) is 0.222. The number of anilines is 1. The molecule has 0 bridgehead atoms. The first kappa shape index (κ1) is 15.9. The molecule has 0 saturated heterocycles. The Morgan fingerprint density at radius 2 is 1.92 bits per heavy atom. The number of rotatable bonds is 3. The predicted molar refractivity (Wildman–Crippen MR) is 94.0 cm³/mol. The van der Waals surface area contributed by atoms with Crippen LogP contribution in [0.4, 0.5) is 5.82 Å². The van der Waals surface area contributed by atoms with Gasteiger partial charge in [0.2, 0.25) is 0 Å². The van der Waals surface area contributed by atoms with Gasteiger partial charge in [0, 0.05) is 48.4 Å². The van der Waals surface area contributed by atoms with E-state index in [1.807, 2.05) is 6.92 Å². The van der Waals surface area contributed by atoms with Crippen LogP contribution in [0.1, 0.15) is 29.4 Å². The van der Waals surface area contributed by atoms with Crippen LogP contribution in [0.15, 0.2) is 35.4 Å². The minimum atomic E-state index is -0.146. The largest absolute Gasteiger partial charge is 0.384 e. The smallest absolute Gasteiger partial charge is 0.258 e. The van der Waals surface area contributed by atoms with Crippen LogP contribution in [0.25, 0.3) is 22.0 Å². The van der Waals surface area contributed by atoms with Gasteiger partial charge in [-0.05, 0) is 24.6 Å². The van der Waals surface area contributed by atoms with Crippen LogP contribution in [0.5, 0.6) is 0 Å². The van der Waals surface area contributed by atoms with Gasteiger partial charge in [0.05, 0.1) is 5.52 Å². The van der Waals surface area contributed by atoms with Crippen molar-refractivity contribution < 1.29 is 4.79 Å². The molecule has 2 N–H and O–H groups in total. The third-order valence-electron chi connectivity index (χ3n) is 4.14. The molecule has 0 aliphatic rings. The summed E-state index contributed by atoms with van der Waals surface area (Å²) in [6.07, 6.45) is 3.63. The van der Waals surface area contributed by atoms with E-state index in [1.54, 1.807) is 49.1 Å². The second-order valence-corrected chi connectivity index (χ2v) is 5.75. The zero-order valence-corrected chi connectivity index (χ0v) is 13.8. The summed E-state index contributed by atoms with van der Waals surface area (Å²) in [6, 6.07) is 5.19. The van der Waals surface area contributed by atoms with Crippen molar-refractivity contribution in [2.75, 3.05) is 5.73 Å². The normalized spacial score (nSPS) is 11.0. The Balaban J connectivity index is 2.23. The van der Waals surface area contributed by atoms with E-state index in [0.717, 1.165) is 16.5 Å². The molecular weight excluding hydrogens is 304 g/mol. The molecule has 0 spiro atoms. The van der Waals surface area contributed by atoms with Gasteiger partial charge in [-0.15, -0.1) is 0 Å². The monoisotopic (exact) mass is 322 g/mol. The van der Waals surface area contributed by atoms with E-state index in [-0.39, 0.29) is 11.3 Å². The molecule has 6 nitrogen and oxygen atoms in total. The van der Waals surface area contributed by atoms with Gasteiger partial charge in [0.25, 0.3) is 5.56 Å². The first-order valence-corrected chi connectivity index (χ1v) is 7.68. The average molecular weight is 322 g/mol. The summed E-state index contributed by atoms with van der Waals surface area (Å²) in [7, 11) is 1.70. The minimum Gasteiger partial charge on any atom is -0.384 e. The molecular formula is C18H18N4O2. The average Bonchev–Trinajstić information content (AvgIpc) is 2.58. The van der Waals surface area contributed by atoms with E-state index in [4.69, 9.17) is 5.73 Å². The lowest BCUT2D eigenvalue weighted by molar-refractivity contribution is 0.0983. The Labute approximate surface area is 139 Å². The predicted octanol–water partition coefficient (Wildman–Crippen LogP) is 2.48. The first-order valence-electron chi connectivity index (χ1n) is 7.68. The van der Waals surface area contributed by atoms with Gasteiger partial charge in [-0.25, -0.2) is 4.98 Å². The second kappa shape index (κ2) is 5.88. The standard InChI is InChI=1S/C18H18N4O2/c1-4-16(23)14-5-10(2)13(9-20-14)12-6-11-8-21-17(19)7-15(11)22(3)18(12)24/h5-9H,4H2,1-3H3,(H2,19,21). The number of nitrogens with two attached hydrogens (primary N) is 1. The molecule has 0 aromatic carbocycles.